The van der Waals surface area contributed by atoms with Crippen LogP contribution in [-0.2, 0) is 6.54 Å². The van der Waals surface area contributed by atoms with Gasteiger partial charge >= 0.3 is 0 Å². The Morgan fingerprint density at radius 3 is 2.74 bits per heavy atom. The number of nitrogens with zero attached hydrogens (tertiary/aromatic N) is 3. The summed E-state index contributed by atoms with van der Waals surface area (Å²) in [4.78, 5) is 7.13. The highest BCUT2D eigenvalue weighted by atomic mass is 35.5. The van der Waals surface area contributed by atoms with Crippen molar-refractivity contribution in [3.05, 3.63) is 48.5 Å². The van der Waals surface area contributed by atoms with Crippen molar-refractivity contribution >= 4 is 12.4 Å². The third kappa shape index (κ3) is 3.30. The van der Waals surface area contributed by atoms with Crippen LogP contribution in [0.4, 0.5) is 0 Å². The molecule has 4 nitrogen and oxygen atoms in total. The number of aromatic nitrogens is 2. The van der Waals surface area contributed by atoms with Gasteiger partial charge in [0.15, 0.2) is 0 Å². The average Bonchev–Trinajstić information content (AvgIpc) is 3.16. The van der Waals surface area contributed by atoms with Crippen molar-refractivity contribution in [2.45, 2.75) is 31.8 Å². The molecule has 1 aromatic heterocycles. The quantitative estimate of drug-likeness (QED) is 0.940. The third-order valence-electron chi connectivity index (χ3n) is 5.35. The summed E-state index contributed by atoms with van der Waals surface area (Å²) in [6.45, 7) is 3.23. The van der Waals surface area contributed by atoms with Crippen LogP contribution in [0.3, 0.4) is 0 Å². The number of hydrogen-bond acceptors (Lipinski definition) is 3. The summed E-state index contributed by atoms with van der Waals surface area (Å²) in [5.41, 5.74) is 7.51. The molecule has 5 heteroatoms. The van der Waals surface area contributed by atoms with Crippen LogP contribution in [0.15, 0.2) is 42.7 Å². The van der Waals surface area contributed by atoms with Crippen molar-refractivity contribution in [3.63, 3.8) is 0 Å². The van der Waals surface area contributed by atoms with Gasteiger partial charge in [0.1, 0.15) is 5.82 Å². The Labute approximate surface area is 144 Å². The summed E-state index contributed by atoms with van der Waals surface area (Å²) >= 11 is 0. The number of rotatable bonds is 3. The molecule has 0 bridgehead atoms. The molecule has 0 radical (unpaired) electrons. The molecular weight excluding hydrogens is 308 g/mol. The first-order chi connectivity index (χ1) is 10.8. The van der Waals surface area contributed by atoms with Crippen molar-refractivity contribution in [2.24, 2.45) is 17.6 Å². The number of benzene rings is 1. The number of fused-ring (bicyclic) bond motifs is 1. The lowest BCUT2D eigenvalue weighted by Crippen LogP contribution is -2.38. The van der Waals surface area contributed by atoms with Gasteiger partial charge in [-0.05, 0) is 36.8 Å². The van der Waals surface area contributed by atoms with Gasteiger partial charge in [0.05, 0.1) is 6.54 Å². The number of hydrogen-bond donors (Lipinski definition) is 1. The minimum atomic E-state index is 0. The van der Waals surface area contributed by atoms with Crippen molar-refractivity contribution in [3.8, 4) is 5.69 Å². The topological polar surface area (TPSA) is 47.1 Å². The molecule has 1 aromatic carbocycles. The smallest absolute Gasteiger partial charge is 0.127 e. The first-order valence-corrected chi connectivity index (χ1v) is 8.37. The zero-order valence-electron chi connectivity index (χ0n) is 13.3. The molecule has 3 atom stereocenters. The first kappa shape index (κ1) is 16.5. The Morgan fingerprint density at radius 2 is 1.96 bits per heavy atom. The molecule has 1 saturated carbocycles. The fourth-order valence-corrected chi connectivity index (χ4v) is 4.21. The molecule has 2 N–H and O–H groups in total. The number of imidazole rings is 1. The first-order valence-electron chi connectivity index (χ1n) is 8.37. The van der Waals surface area contributed by atoms with E-state index in [1.807, 2.05) is 12.3 Å². The maximum Gasteiger partial charge on any atom is 0.127 e. The summed E-state index contributed by atoms with van der Waals surface area (Å²) < 4.78 is 2.20. The number of likely N-dealkylation sites (tertiary alicyclic amines) is 1. The molecular formula is C18H25ClN4. The SMILES string of the molecule is Cl.NC1CCCC2CN(Cc3nccn3-c3ccccc3)CC12. The molecule has 0 amide bonds. The molecule has 0 spiro atoms. The zero-order valence-corrected chi connectivity index (χ0v) is 14.2. The highest BCUT2D eigenvalue weighted by Crippen LogP contribution is 2.36. The van der Waals surface area contributed by atoms with E-state index in [2.05, 4.69) is 44.9 Å². The van der Waals surface area contributed by atoms with E-state index in [0.29, 0.717) is 12.0 Å². The summed E-state index contributed by atoms with van der Waals surface area (Å²) in [7, 11) is 0. The monoisotopic (exact) mass is 332 g/mol. The Kier molecular flexibility index (Phi) is 5.05. The third-order valence-corrected chi connectivity index (χ3v) is 5.35. The fourth-order valence-electron chi connectivity index (χ4n) is 4.21. The minimum Gasteiger partial charge on any atom is -0.327 e. The molecule has 1 saturated heterocycles. The molecule has 23 heavy (non-hydrogen) atoms. The Balaban J connectivity index is 0.00000156. The second kappa shape index (κ2) is 7.04. The summed E-state index contributed by atoms with van der Waals surface area (Å²) in [5.74, 6) is 2.61. The van der Waals surface area contributed by atoms with Gasteiger partial charge in [-0.2, -0.15) is 0 Å². The van der Waals surface area contributed by atoms with Gasteiger partial charge in [-0.25, -0.2) is 4.98 Å². The van der Waals surface area contributed by atoms with E-state index in [4.69, 9.17) is 5.73 Å². The minimum absolute atomic E-state index is 0. The van der Waals surface area contributed by atoms with E-state index in [1.165, 1.54) is 31.5 Å². The molecule has 1 aliphatic carbocycles. The largest absolute Gasteiger partial charge is 0.327 e. The number of halogens is 1. The summed E-state index contributed by atoms with van der Waals surface area (Å²) in [5, 5.41) is 0. The zero-order chi connectivity index (χ0) is 14.9. The van der Waals surface area contributed by atoms with Crippen LogP contribution < -0.4 is 5.73 Å². The summed E-state index contributed by atoms with van der Waals surface area (Å²) in [6.07, 6.45) is 7.81. The van der Waals surface area contributed by atoms with Gasteiger partial charge in [0.2, 0.25) is 0 Å². The van der Waals surface area contributed by atoms with Crippen LogP contribution in [-0.4, -0.2) is 33.6 Å². The van der Waals surface area contributed by atoms with Gasteiger partial charge in [-0.1, -0.05) is 24.6 Å². The fraction of sp³-hybridized carbons (Fsp3) is 0.500. The van der Waals surface area contributed by atoms with E-state index in [0.717, 1.165) is 24.8 Å². The lowest BCUT2D eigenvalue weighted by molar-refractivity contribution is 0.259. The molecule has 2 aliphatic rings. The standard InChI is InChI=1S/C18H24N4.ClH/c19-17-8-4-5-14-11-21(12-16(14)17)13-18-20-9-10-22(18)15-6-2-1-3-7-15;/h1-3,6-7,9-10,14,16-17H,4-5,8,11-13,19H2;1H. The van der Waals surface area contributed by atoms with Gasteiger partial charge in [-0.15, -0.1) is 12.4 Å². The molecule has 2 heterocycles. The maximum atomic E-state index is 6.33. The molecule has 2 aromatic rings. The van der Waals surface area contributed by atoms with Crippen LogP contribution in [0.2, 0.25) is 0 Å². The van der Waals surface area contributed by atoms with E-state index >= 15 is 0 Å². The van der Waals surface area contributed by atoms with E-state index < -0.39 is 0 Å². The molecule has 4 rings (SSSR count). The van der Waals surface area contributed by atoms with Crippen LogP contribution in [0.5, 0.6) is 0 Å². The lowest BCUT2D eigenvalue weighted by atomic mass is 9.78. The summed E-state index contributed by atoms with van der Waals surface area (Å²) in [6, 6.07) is 10.9. The van der Waals surface area contributed by atoms with Gasteiger partial charge in [-0.3, -0.25) is 4.90 Å². The average molecular weight is 333 g/mol. The van der Waals surface area contributed by atoms with E-state index in [-0.39, 0.29) is 12.4 Å². The maximum absolute atomic E-state index is 6.33. The predicted molar refractivity (Wildman–Crippen MR) is 94.9 cm³/mol. The highest BCUT2D eigenvalue weighted by molar-refractivity contribution is 5.85. The van der Waals surface area contributed by atoms with Crippen molar-refractivity contribution in [1.29, 1.82) is 0 Å². The Hall–Kier alpha value is -1.36. The Morgan fingerprint density at radius 1 is 1.13 bits per heavy atom. The molecule has 3 unspecified atom stereocenters. The van der Waals surface area contributed by atoms with Crippen molar-refractivity contribution in [2.75, 3.05) is 13.1 Å². The molecule has 2 fully saturated rings. The molecule has 124 valence electrons. The number of para-hydroxylation sites is 1. The van der Waals surface area contributed by atoms with E-state index in [1.54, 1.807) is 0 Å². The predicted octanol–water partition coefficient (Wildman–Crippen LogP) is 2.85. The second-order valence-electron chi connectivity index (χ2n) is 6.76. The van der Waals surface area contributed by atoms with Crippen LogP contribution >= 0.6 is 12.4 Å². The van der Waals surface area contributed by atoms with Crippen LogP contribution in [0.1, 0.15) is 25.1 Å². The van der Waals surface area contributed by atoms with Crippen molar-refractivity contribution in [1.82, 2.24) is 14.5 Å². The Bertz CT molecular complexity index is 627. The normalized spacial score (nSPS) is 27.4. The van der Waals surface area contributed by atoms with Crippen LogP contribution in [0.25, 0.3) is 5.69 Å². The van der Waals surface area contributed by atoms with Gasteiger partial charge in [0.25, 0.3) is 0 Å². The second-order valence-corrected chi connectivity index (χ2v) is 6.76. The molecule has 1 aliphatic heterocycles. The van der Waals surface area contributed by atoms with Crippen LogP contribution in [0, 0.1) is 11.8 Å². The van der Waals surface area contributed by atoms with Gasteiger partial charge in [0, 0.05) is 37.2 Å². The van der Waals surface area contributed by atoms with Crippen molar-refractivity contribution < 1.29 is 0 Å². The lowest BCUT2D eigenvalue weighted by Gasteiger charge is -2.29. The highest BCUT2D eigenvalue weighted by Gasteiger charge is 2.38. The van der Waals surface area contributed by atoms with E-state index in [9.17, 15) is 0 Å². The number of nitrogens with two attached hydrogens (primary N) is 1. The van der Waals surface area contributed by atoms with Gasteiger partial charge < -0.3 is 10.3 Å².